The van der Waals surface area contributed by atoms with E-state index in [1.165, 1.54) is 17.0 Å². The quantitative estimate of drug-likeness (QED) is 0.550. The van der Waals surface area contributed by atoms with Crippen molar-refractivity contribution in [1.82, 2.24) is 24.8 Å². The highest BCUT2D eigenvalue weighted by molar-refractivity contribution is 8.00. The molecule has 0 saturated carbocycles. The number of nitrogens with zero attached hydrogens (tertiary/aromatic N) is 4. The van der Waals surface area contributed by atoms with Crippen LogP contribution in [0.25, 0.3) is 10.2 Å². The van der Waals surface area contributed by atoms with Gasteiger partial charge in [-0.15, -0.1) is 11.3 Å². The van der Waals surface area contributed by atoms with Crippen LogP contribution < -0.4 is 16.2 Å². The Kier molecular flexibility index (Phi) is 4.95. The molecule has 2 N–H and O–H groups in total. The van der Waals surface area contributed by atoms with Crippen LogP contribution in [0.15, 0.2) is 17.2 Å². The predicted molar refractivity (Wildman–Crippen MR) is 133 cm³/mol. The van der Waals surface area contributed by atoms with Gasteiger partial charge in [-0.25, -0.2) is 9.97 Å². The molecule has 176 valence electrons. The first-order chi connectivity index (χ1) is 16.3. The standard InChI is InChI=1S/C22H21ClN6O3S2/c1-28(2)20(31)10-3-4-11-14(5-10)34-19-15(11)17(24-9-25-19)26-13-6-12(23)16-18(30)27-22(7-33-8-22)29(16)21(13)32/h6,9-10H,3-5,7-8H2,1-2H3,(H,27,30)(H,24,25,26)/t10-/m0/s1. The largest absolute Gasteiger partial charge is 0.349 e. The van der Waals surface area contributed by atoms with Crippen LogP contribution in [0, 0.1) is 5.92 Å². The van der Waals surface area contributed by atoms with Gasteiger partial charge in [0.2, 0.25) is 5.91 Å². The molecule has 3 aromatic heterocycles. The Morgan fingerprint density at radius 2 is 2.12 bits per heavy atom. The van der Waals surface area contributed by atoms with E-state index in [0.29, 0.717) is 23.7 Å². The number of hydrogen-bond acceptors (Lipinski definition) is 8. The molecule has 1 fully saturated rings. The molecule has 2 amide bonds. The first-order valence-electron chi connectivity index (χ1n) is 10.9. The van der Waals surface area contributed by atoms with E-state index in [9.17, 15) is 14.4 Å². The summed E-state index contributed by atoms with van der Waals surface area (Å²) < 4.78 is 1.50. The molecule has 34 heavy (non-hydrogen) atoms. The van der Waals surface area contributed by atoms with Crippen LogP contribution in [0.5, 0.6) is 0 Å². The van der Waals surface area contributed by atoms with E-state index in [4.69, 9.17) is 11.6 Å². The van der Waals surface area contributed by atoms with E-state index in [1.807, 2.05) is 0 Å². The fourth-order valence-corrected chi connectivity index (χ4v) is 7.57. The molecule has 5 heterocycles. The Hall–Kier alpha value is -2.63. The predicted octanol–water partition coefficient (Wildman–Crippen LogP) is 2.59. The minimum Gasteiger partial charge on any atom is -0.349 e. The van der Waals surface area contributed by atoms with Crippen molar-refractivity contribution in [3.8, 4) is 0 Å². The molecule has 3 aromatic rings. The molecule has 1 aliphatic carbocycles. The van der Waals surface area contributed by atoms with Gasteiger partial charge in [0.25, 0.3) is 11.5 Å². The molecule has 6 rings (SSSR count). The maximum atomic E-state index is 13.5. The van der Waals surface area contributed by atoms with Gasteiger partial charge in [-0.05, 0) is 30.9 Å². The number of carbonyl (C=O) groups excluding carboxylic acids is 2. The molecule has 0 radical (unpaired) electrons. The lowest BCUT2D eigenvalue weighted by atomic mass is 9.87. The molecule has 0 aromatic carbocycles. The first kappa shape index (κ1) is 21.9. The number of anilines is 2. The number of rotatable bonds is 3. The number of thioether (sulfide) groups is 1. The molecule has 3 aliphatic rings. The second kappa shape index (κ2) is 7.69. The molecular weight excluding hydrogens is 496 g/mol. The van der Waals surface area contributed by atoms with E-state index >= 15 is 0 Å². The Morgan fingerprint density at radius 1 is 1.32 bits per heavy atom. The van der Waals surface area contributed by atoms with E-state index in [1.54, 1.807) is 42.1 Å². The SMILES string of the molecule is CN(C)C(=O)[C@H]1CCc2c(sc3ncnc(Nc4cc(Cl)c5n(c4=O)C4(CSC4)NC5=O)c23)C1. The van der Waals surface area contributed by atoms with Crippen LogP contribution in [0.4, 0.5) is 11.5 Å². The highest BCUT2D eigenvalue weighted by Crippen LogP contribution is 2.42. The fourth-order valence-electron chi connectivity index (χ4n) is 5.03. The zero-order chi connectivity index (χ0) is 23.8. The Balaban J connectivity index is 1.41. The van der Waals surface area contributed by atoms with Crippen molar-refractivity contribution >= 4 is 68.2 Å². The minimum absolute atomic E-state index is 0.0401. The zero-order valence-corrected chi connectivity index (χ0v) is 20.9. The molecule has 0 bridgehead atoms. The molecular formula is C22H21ClN6O3S2. The molecule has 1 saturated heterocycles. The van der Waals surface area contributed by atoms with Gasteiger partial charge >= 0.3 is 0 Å². The van der Waals surface area contributed by atoms with Crippen molar-refractivity contribution in [2.45, 2.75) is 24.9 Å². The molecule has 1 atom stereocenters. The van der Waals surface area contributed by atoms with E-state index in [0.717, 1.165) is 33.5 Å². The van der Waals surface area contributed by atoms with Crippen molar-refractivity contribution in [3.05, 3.63) is 43.9 Å². The van der Waals surface area contributed by atoms with Crippen molar-refractivity contribution < 1.29 is 9.59 Å². The maximum Gasteiger partial charge on any atom is 0.276 e. The smallest absolute Gasteiger partial charge is 0.276 e. The van der Waals surface area contributed by atoms with Crippen LogP contribution in [0.1, 0.15) is 27.3 Å². The molecule has 1 spiro atoms. The van der Waals surface area contributed by atoms with Crippen molar-refractivity contribution in [1.29, 1.82) is 0 Å². The van der Waals surface area contributed by atoms with Crippen molar-refractivity contribution in [2.75, 3.05) is 30.9 Å². The third-order valence-corrected chi connectivity index (χ3v) is 9.53. The lowest BCUT2D eigenvalue weighted by molar-refractivity contribution is -0.133. The summed E-state index contributed by atoms with van der Waals surface area (Å²) in [5.41, 5.74) is 0.562. The van der Waals surface area contributed by atoms with Gasteiger partial charge in [-0.1, -0.05) is 11.6 Å². The summed E-state index contributed by atoms with van der Waals surface area (Å²) in [5.74, 6) is 1.54. The molecule has 0 unspecified atom stereocenters. The first-order valence-corrected chi connectivity index (χ1v) is 13.2. The average Bonchev–Trinajstić information content (AvgIpc) is 3.32. The van der Waals surface area contributed by atoms with Crippen LogP contribution >= 0.6 is 34.7 Å². The number of halogens is 1. The third-order valence-electron chi connectivity index (χ3n) is 6.71. The van der Waals surface area contributed by atoms with Crippen molar-refractivity contribution in [3.63, 3.8) is 0 Å². The normalized spacial score (nSPS) is 20.0. The Morgan fingerprint density at radius 3 is 2.82 bits per heavy atom. The number of aromatic nitrogens is 3. The molecule has 9 nitrogen and oxygen atoms in total. The maximum absolute atomic E-state index is 13.5. The van der Waals surface area contributed by atoms with Crippen LogP contribution in [0.3, 0.4) is 0 Å². The van der Waals surface area contributed by atoms with Gasteiger partial charge in [0.05, 0.1) is 10.4 Å². The number of aryl methyl sites for hydroxylation is 1. The van der Waals surface area contributed by atoms with Gasteiger partial charge < -0.3 is 15.5 Å². The second-order valence-corrected chi connectivity index (χ2v) is 11.6. The van der Waals surface area contributed by atoms with Gasteiger partial charge in [-0.3, -0.25) is 19.0 Å². The molecule has 2 aliphatic heterocycles. The highest BCUT2D eigenvalue weighted by atomic mass is 35.5. The number of thiophene rings is 1. The third kappa shape index (κ3) is 3.10. The number of fused-ring (bicyclic) bond motifs is 5. The molecule has 12 heteroatoms. The Labute approximate surface area is 207 Å². The second-order valence-electron chi connectivity index (χ2n) is 9.08. The van der Waals surface area contributed by atoms with E-state index < -0.39 is 5.66 Å². The summed E-state index contributed by atoms with van der Waals surface area (Å²) in [4.78, 5) is 51.0. The van der Waals surface area contributed by atoms with Crippen LogP contribution in [-0.2, 0) is 23.3 Å². The summed E-state index contributed by atoms with van der Waals surface area (Å²) in [5, 5.41) is 7.22. The lowest BCUT2D eigenvalue weighted by Crippen LogP contribution is -2.57. The fraction of sp³-hybridized carbons (Fsp3) is 0.409. The number of amides is 2. The van der Waals surface area contributed by atoms with Gasteiger partial charge in [0.1, 0.15) is 34.0 Å². The van der Waals surface area contributed by atoms with Gasteiger partial charge in [0.15, 0.2) is 0 Å². The van der Waals surface area contributed by atoms with Gasteiger partial charge in [0, 0.05) is 36.4 Å². The van der Waals surface area contributed by atoms with Crippen LogP contribution in [0.2, 0.25) is 5.02 Å². The monoisotopic (exact) mass is 516 g/mol. The van der Waals surface area contributed by atoms with Gasteiger partial charge in [-0.2, -0.15) is 11.8 Å². The number of pyridine rings is 1. The lowest BCUT2D eigenvalue weighted by Gasteiger charge is -2.38. The highest BCUT2D eigenvalue weighted by Gasteiger charge is 2.50. The summed E-state index contributed by atoms with van der Waals surface area (Å²) >= 11 is 9.70. The number of carbonyl (C=O) groups is 2. The zero-order valence-electron chi connectivity index (χ0n) is 18.5. The van der Waals surface area contributed by atoms with E-state index in [-0.39, 0.29) is 39.7 Å². The minimum atomic E-state index is -0.716. The van der Waals surface area contributed by atoms with Crippen LogP contribution in [-0.4, -0.2) is 56.9 Å². The van der Waals surface area contributed by atoms with E-state index in [2.05, 4.69) is 20.6 Å². The van der Waals surface area contributed by atoms with Crippen molar-refractivity contribution in [2.24, 2.45) is 5.92 Å². The number of nitrogens with one attached hydrogen (secondary N) is 2. The average molecular weight is 517 g/mol. The summed E-state index contributed by atoms with van der Waals surface area (Å²) in [6.07, 6.45) is 3.64. The summed E-state index contributed by atoms with van der Waals surface area (Å²) in [6.45, 7) is 0. The number of hydrogen-bond donors (Lipinski definition) is 2. The topological polar surface area (TPSA) is 109 Å². The summed E-state index contributed by atoms with van der Waals surface area (Å²) in [6, 6.07) is 1.50. The summed E-state index contributed by atoms with van der Waals surface area (Å²) in [7, 11) is 3.57. The Bertz CT molecular complexity index is 1440.